The summed E-state index contributed by atoms with van der Waals surface area (Å²) >= 11 is 0. The van der Waals surface area contributed by atoms with Gasteiger partial charge in [-0.3, -0.25) is 4.79 Å². The van der Waals surface area contributed by atoms with Gasteiger partial charge in [0, 0.05) is 23.8 Å². The predicted octanol–water partition coefficient (Wildman–Crippen LogP) is 2.79. The number of carbonyl (C=O) groups excluding carboxylic acids is 1. The Bertz CT molecular complexity index is 617. The highest BCUT2D eigenvalue weighted by Gasteiger charge is 2.14. The Labute approximate surface area is 105 Å². The molecule has 2 aromatic carbocycles. The zero-order valence-corrected chi connectivity index (χ0v) is 10.5. The maximum Gasteiger partial charge on any atom is 0.308 e. The van der Waals surface area contributed by atoms with Crippen LogP contribution in [-0.4, -0.2) is 18.2 Å². The Hall–Kier alpha value is -2.23. The van der Waals surface area contributed by atoms with Crippen molar-refractivity contribution in [2.24, 2.45) is 0 Å². The summed E-state index contributed by atoms with van der Waals surface area (Å²) in [6.45, 7) is 3.26. The predicted molar refractivity (Wildman–Crippen MR) is 68.2 cm³/mol. The molecular formula is C14H14O4. The van der Waals surface area contributed by atoms with Crippen LogP contribution in [0.25, 0.3) is 10.8 Å². The van der Waals surface area contributed by atoms with Crippen LogP contribution in [0.15, 0.2) is 24.3 Å². The van der Waals surface area contributed by atoms with Gasteiger partial charge >= 0.3 is 5.97 Å². The first-order chi connectivity index (χ1) is 8.52. The lowest BCUT2D eigenvalue weighted by Gasteiger charge is -2.12. The van der Waals surface area contributed by atoms with E-state index in [4.69, 9.17) is 9.47 Å². The number of ether oxygens (including phenoxy) is 2. The highest BCUT2D eigenvalue weighted by molar-refractivity contribution is 5.97. The number of carbonyl (C=O) groups is 1. The molecule has 0 atom stereocenters. The molecule has 18 heavy (non-hydrogen) atoms. The molecule has 2 aromatic rings. The fourth-order valence-corrected chi connectivity index (χ4v) is 1.86. The molecule has 0 fully saturated rings. The highest BCUT2D eigenvalue weighted by Crippen LogP contribution is 2.40. The number of benzene rings is 2. The summed E-state index contributed by atoms with van der Waals surface area (Å²) in [5.74, 6) is 0.299. The van der Waals surface area contributed by atoms with Crippen LogP contribution in [0.5, 0.6) is 17.2 Å². The van der Waals surface area contributed by atoms with Gasteiger partial charge in [-0.05, 0) is 13.0 Å². The van der Waals surface area contributed by atoms with Gasteiger partial charge in [0.1, 0.15) is 5.75 Å². The number of phenols is 1. The number of hydrogen-bond donors (Lipinski definition) is 1. The second-order valence-electron chi connectivity index (χ2n) is 4.07. The highest BCUT2D eigenvalue weighted by atomic mass is 16.5. The van der Waals surface area contributed by atoms with Gasteiger partial charge in [-0.2, -0.15) is 0 Å². The van der Waals surface area contributed by atoms with Crippen molar-refractivity contribution < 1.29 is 19.4 Å². The van der Waals surface area contributed by atoms with E-state index in [1.54, 1.807) is 6.07 Å². The van der Waals surface area contributed by atoms with Crippen LogP contribution in [-0.2, 0) is 4.79 Å². The summed E-state index contributed by atoms with van der Waals surface area (Å²) in [6, 6.07) is 7.01. The van der Waals surface area contributed by atoms with Gasteiger partial charge in [-0.1, -0.05) is 17.7 Å². The van der Waals surface area contributed by atoms with E-state index in [2.05, 4.69) is 0 Å². The van der Waals surface area contributed by atoms with Gasteiger partial charge in [-0.15, -0.1) is 0 Å². The third kappa shape index (κ3) is 2.09. The maximum atomic E-state index is 11.1. The molecule has 0 radical (unpaired) electrons. The van der Waals surface area contributed by atoms with E-state index in [0.717, 1.165) is 5.56 Å². The van der Waals surface area contributed by atoms with Crippen molar-refractivity contribution in [1.29, 1.82) is 0 Å². The van der Waals surface area contributed by atoms with Gasteiger partial charge in [-0.25, -0.2) is 0 Å². The van der Waals surface area contributed by atoms with Gasteiger partial charge in [0.25, 0.3) is 0 Å². The van der Waals surface area contributed by atoms with E-state index in [0.29, 0.717) is 16.5 Å². The normalized spacial score (nSPS) is 10.4. The average Bonchev–Trinajstić information content (AvgIpc) is 2.32. The van der Waals surface area contributed by atoms with Crippen LogP contribution in [0, 0.1) is 6.92 Å². The van der Waals surface area contributed by atoms with Gasteiger partial charge in [0.05, 0.1) is 7.11 Å². The fourth-order valence-electron chi connectivity index (χ4n) is 1.86. The number of fused-ring (bicyclic) bond motifs is 1. The number of aryl methyl sites for hydroxylation is 1. The Morgan fingerprint density at radius 1 is 1.17 bits per heavy atom. The van der Waals surface area contributed by atoms with E-state index in [-0.39, 0.29) is 11.5 Å². The minimum Gasteiger partial charge on any atom is -0.504 e. The molecule has 0 heterocycles. The summed E-state index contributed by atoms with van der Waals surface area (Å²) < 4.78 is 10.2. The van der Waals surface area contributed by atoms with Crippen molar-refractivity contribution in [2.45, 2.75) is 13.8 Å². The lowest BCUT2D eigenvalue weighted by molar-refractivity contribution is -0.131. The molecule has 0 aromatic heterocycles. The number of rotatable bonds is 2. The maximum absolute atomic E-state index is 11.1. The first-order valence-corrected chi connectivity index (χ1v) is 5.51. The van der Waals surface area contributed by atoms with Crippen LogP contribution in [0.3, 0.4) is 0 Å². The van der Waals surface area contributed by atoms with Crippen LogP contribution in [0.4, 0.5) is 0 Å². The van der Waals surface area contributed by atoms with Gasteiger partial charge < -0.3 is 14.6 Å². The van der Waals surface area contributed by atoms with Crippen molar-refractivity contribution in [3.8, 4) is 17.2 Å². The summed E-state index contributed by atoms with van der Waals surface area (Å²) in [5, 5.41) is 11.3. The van der Waals surface area contributed by atoms with Crippen molar-refractivity contribution in [1.82, 2.24) is 0 Å². The second kappa shape index (κ2) is 4.56. The average molecular weight is 246 g/mol. The lowest BCUT2D eigenvalue weighted by Crippen LogP contribution is -2.02. The fraction of sp³-hybridized carbons (Fsp3) is 0.214. The molecule has 0 aliphatic heterocycles. The van der Waals surface area contributed by atoms with Crippen LogP contribution < -0.4 is 9.47 Å². The minimum absolute atomic E-state index is 0.0448. The Kier molecular flexibility index (Phi) is 3.10. The molecule has 0 saturated heterocycles. The SMILES string of the molecule is COc1cc(OC(C)=O)c2cc(C)ccc2c1O. The summed E-state index contributed by atoms with van der Waals surface area (Å²) in [4.78, 5) is 11.1. The first kappa shape index (κ1) is 12.2. The molecule has 0 saturated carbocycles. The van der Waals surface area contributed by atoms with E-state index >= 15 is 0 Å². The minimum atomic E-state index is -0.412. The Balaban J connectivity index is 2.77. The summed E-state index contributed by atoms with van der Waals surface area (Å²) in [5.41, 5.74) is 1.01. The molecule has 0 aliphatic carbocycles. The molecule has 0 bridgehead atoms. The molecule has 0 amide bonds. The van der Waals surface area contributed by atoms with Crippen LogP contribution in [0.2, 0.25) is 0 Å². The zero-order chi connectivity index (χ0) is 13.3. The molecule has 0 aliphatic rings. The monoisotopic (exact) mass is 246 g/mol. The van der Waals surface area contributed by atoms with Crippen LogP contribution >= 0.6 is 0 Å². The molecule has 0 unspecified atom stereocenters. The number of aromatic hydroxyl groups is 1. The smallest absolute Gasteiger partial charge is 0.308 e. The molecule has 4 heteroatoms. The van der Waals surface area contributed by atoms with Crippen LogP contribution in [0.1, 0.15) is 12.5 Å². The Morgan fingerprint density at radius 2 is 1.89 bits per heavy atom. The van der Waals surface area contributed by atoms with Gasteiger partial charge in [0.2, 0.25) is 0 Å². The third-order valence-electron chi connectivity index (χ3n) is 2.66. The van der Waals surface area contributed by atoms with Crippen molar-refractivity contribution in [3.05, 3.63) is 29.8 Å². The number of esters is 1. The van der Waals surface area contributed by atoms with Crippen molar-refractivity contribution in [3.63, 3.8) is 0 Å². The van der Waals surface area contributed by atoms with Crippen molar-refractivity contribution in [2.75, 3.05) is 7.11 Å². The second-order valence-corrected chi connectivity index (χ2v) is 4.07. The lowest BCUT2D eigenvalue weighted by atomic mass is 10.1. The summed E-state index contributed by atoms with van der Waals surface area (Å²) in [7, 11) is 1.45. The molecule has 94 valence electrons. The molecular weight excluding hydrogens is 232 g/mol. The molecule has 4 nitrogen and oxygen atoms in total. The van der Waals surface area contributed by atoms with E-state index in [9.17, 15) is 9.90 Å². The van der Waals surface area contributed by atoms with Gasteiger partial charge in [0.15, 0.2) is 11.5 Å². The quantitative estimate of drug-likeness (QED) is 0.654. The molecule has 1 N–H and O–H groups in total. The molecule has 2 rings (SSSR count). The van der Waals surface area contributed by atoms with E-state index < -0.39 is 5.97 Å². The third-order valence-corrected chi connectivity index (χ3v) is 2.66. The van der Waals surface area contributed by atoms with Crippen molar-refractivity contribution >= 4 is 16.7 Å². The first-order valence-electron chi connectivity index (χ1n) is 5.51. The standard InChI is InChI=1S/C14H14O4/c1-8-4-5-10-11(6-8)12(18-9(2)15)7-13(17-3)14(10)16/h4-7,16H,1-3H3. The summed E-state index contributed by atoms with van der Waals surface area (Å²) in [6.07, 6.45) is 0. The topological polar surface area (TPSA) is 55.8 Å². The van der Waals surface area contributed by atoms with E-state index in [1.165, 1.54) is 20.1 Å². The Morgan fingerprint density at radius 3 is 2.50 bits per heavy atom. The van der Waals surface area contributed by atoms with E-state index in [1.807, 2.05) is 19.1 Å². The molecule has 0 spiro atoms. The largest absolute Gasteiger partial charge is 0.504 e. The number of hydrogen-bond acceptors (Lipinski definition) is 4. The number of phenolic OH excluding ortho intramolecular Hbond substituents is 1. The zero-order valence-electron chi connectivity index (χ0n) is 10.5. The number of methoxy groups -OCH3 is 1.